The maximum Gasteiger partial charge on any atom is 0.223 e. The molecule has 0 fully saturated rings. The third kappa shape index (κ3) is 7.05. The monoisotopic (exact) mass is 706 g/mol. The SMILES string of the molecule is CCCC(=O)N([C@H](CC)COC)[C@@H](C)c1ncc(-c2ccc3c(c2)COc2cc4c(ccc5[nH]c([C@H](C)N(C(=O)CCC)[C@@H](C)CC)nc54)cc2-3)[nH]1. The highest BCUT2D eigenvalue weighted by Gasteiger charge is 2.30. The second kappa shape index (κ2) is 15.9. The molecule has 0 saturated carbocycles. The van der Waals surface area contributed by atoms with Gasteiger partial charge in [-0.1, -0.05) is 45.9 Å². The van der Waals surface area contributed by atoms with Crippen LogP contribution >= 0.6 is 0 Å². The van der Waals surface area contributed by atoms with Crippen LogP contribution in [0.15, 0.2) is 48.7 Å². The molecule has 2 N–H and O–H groups in total. The highest BCUT2D eigenvalue weighted by Crippen LogP contribution is 2.43. The molecule has 3 heterocycles. The highest BCUT2D eigenvalue weighted by atomic mass is 16.5. The lowest BCUT2D eigenvalue weighted by molar-refractivity contribution is -0.138. The molecule has 0 radical (unpaired) electrons. The van der Waals surface area contributed by atoms with Crippen molar-refractivity contribution in [2.24, 2.45) is 0 Å². The van der Waals surface area contributed by atoms with E-state index in [1.165, 1.54) is 0 Å². The molecule has 3 aromatic carbocycles. The van der Waals surface area contributed by atoms with Crippen LogP contribution in [0.1, 0.15) is 116 Å². The van der Waals surface area contributed by atoms with E-state index >= 15 is 0 Å². The molecule has 0 unspecified atom stereocenters. The van der Waals surface area contributed by atoms with Gasteiger partial charge >= 0.3 is 0 Å². The molecule has 10 heteroatoms. The Morgan fingerprint density at radius 1 is 0.865 bits per heavy atom. The summed E-state index contributed by atoms with van der Waals surface area (Å²) in [5, 5.41) is 2.09. The number of H-pyrrole nitrogens is 2. The molecule has 0 bridgehead atoms. The number of nitrogens with zero attached hydrogens (tertiary/aromatic N) is 4. The fraction of sp³-hybridized carbons (Fsp3) is 0.476. The fourth-order valence-corrected chi connectivity index (χ4v) is 7.68. The Morgan fingerprint density at radius 3 is 2.29 bits per heavy atom. The number of benzene rings is 3. The van der Waals surface area contributed by atoms with Crippen LogP contribution in [0, 0.1) is 0 Å². The molecule has 5 aromatic rings. The highest BCUT2D eigenvalue weighted by molar-refractivity contribution is 6.07. The van der Waals surface area contributed by atoms with Crippen molar-refractivity contribution in [3.63, 3.8) is 0 Å². The standard InChI is InChI=1S/C42H54N6O4/c1-9-13-38(49)47(25(5)11-3)27(7)42-44-35-18-16-28-20-34-32-17-15-29(19-30(32)23-52-37(34)21-33(28)40(35)46-42)36-22-43-41(45-36)26(6)48(39(50)14-10-2)31(12-4)24-51-8/h15-22,25-27,31H,9-14,23-24H2,1-8H3,(H,43,45)(H,44,46)/t25-,26-,27-,31+/m0/s1. The van der Waals surface area contributed by atoms with Crippen LogP contribution in [0.2, 0.25) is 0 Å². The largest absolute Gasteiger partial charge is 0.488 e. The fourth-order valence-electron chi connectivity index (χ4n) is 7.68. The summed E-state index contributed by atoms with van der Waals surface area (Å²) in [5.41, 5.74) is 7.00. The Balaban J connectivity index is 1.29. The topological polar surface area (TPSA) is 116 Å². The maximum absolute atomic E-state index is 13.2. The maximum atomic E-state index is 13.2. The van der Waals surface area contributed by atoms with Crippen molar-refractivity contribution in [1.82, 2.24) is 29.7 Å². The lowest BCUT2D eigenvalue weighted by Gasteiger charge is -2.35. The molecule has 0 saturated heterocycles. The quantitative estimate of drug-likeness (QED) is 0.112. The first kappa shape index (κ1) is 37.1. The molecule has 276 valence electrons. The molecule has 1 aliphatic rings. The first-order valence-electron chi connectivity index (χ1n) is 19.0. The zero-order valence-corrected chi connectivity index (χ0v) is 32.0. The van der Waals surface area contributed by atoms with Crippen molar-refractivity contribution in [3.8, 4) is 28.1 Å². The van der Waals surface area contributed by atoms with Crippen molar-refractivity contribution in [1.29, 1.82) is 0 Å². The van der Waals surface area contributed by atoms with Gasteiger partial charge in [-0.05, 0) is 92.8 Å². The molecule has 2 aromatic heterocycles. The lowest BCUT2D eigenvalue weighted by atomic mass is 9.92. The number of imidazole rings is 2. The van der Waals surface area contributed by atoms with E-state index in [1.807, 2.05) is 36.8 Å². The second-order valence-electron chi connectivity index (χ2n) is 14.2. The number of hydrogen-bond donors (Lipinski definition) is 2. The van der Waals surface area contributed by atoms with Gasteiger partial charge in [-0.2, -0.15) is 0 Å². The average molecular weight is 707 g/mol. The van der Waals surface area contributed by atoms with Gasteiger partial charge in [0, 0.05) is 36.9 Å². The van der Waals surface area contributed by atoms with Crippen molar-refractivity contribution in [3.05, 3.63) is 65.9 Å². The summed E-state index contributed by atoms with van der Waals surface area (Å²) in [4.78, 5) is 47.2. The van der Waals surface area contributed by atoms with Crippen LogP contribution in [0.4, 0.5) is 0 Å². The molecule has 52 heavy (non-hydrogen) atoms. The summed E-state index contributed by atoms with van der Waals surface area (Å²) in [6, 6.07) is 14.6. The average Bonchev–Trinajstić information content (AvgIpc) is 3.82. The van der Waals surface area contributed by atoms with Gasteiger partial charge in [-0.15, -0.1) is 0 Å². The first-order chi connectivity index (χ1) is 25.1. The lowest BCUT2D eigenvalue weighted by Crippen LogP contribution is -2.44. The summed E-state index contributed by atoms with van der Waals surface area (Å²) in [7, 11) is 1.68. The van der Waals surface area contributed by atoms with Crippen LogP contribution in [-0.4, -0.2) is 67.4 Å². The summed E-state index contributed by atoms with van der Waals surface area (Å²) in [6.45, 7) is 15.4. The van der Waals surface area contributed by atoms with Gasteiger partial charge in [-0.25, -0.2) is 9.97 Å². The Bertz CT molecular complexity index is 2050. The number of carbonyl (C=O) groups excluding carboxylic acids is 2. The number of aromatic nitrogens is 4. The van der Waals surface area contributed by atoms with Crippen LogP contribution in [0.3, 0.4) is 0 Å². The van der Waals surface area contributed by atoms with Crippen LogP contribution in [-0.2, 0) is 20.9 Å². The number of nitrogens with one attached hydrogen (secondary N) is 2. The minimum absolute atomic E-state index is 0.0272. The van der Waals surface area contributed by atoms with Gasteiger partial charge in [0.1, 0.15) is 24.0 Å². The van der Waals surface area contributed by atoms with Crippen LogP contribution in [0.25, 0.3) is 44.2 Å². The molecular formula is C42H54N6O4. The smallest absolute Gasteiger partial charge is 0.223 e. The van der Waals surface area contributed by atoms with E-state index in [4.69, 9.17) is 19.4 Å². The number of rotatable bonds is 15. The number of amides is 2. The molecule has 6 rings (SSSR count). The molecule has 0 aliphatic carbocycles. The third-order valence-corrected chi connectivity index (χ3v) is 10.7. The van der Waals surface area contributed by atoms with Gasteiger partial charge < -0.3 is 29.2 Å². The number of methoxy groups -OCH3 is 1. The van der Waals surface area contributed by atoms with E-state index in [9.17, 15) is 9.59 Å². The van der Waals surface area contributed by atoms with E-state index in [2.05, 4.69) is 80.1 Å². The van der Waals surface area contributed by atoms with Gasteiger partial charge in [0.25, 0.3) is 0 Å². The van der Waals surface area contributed by atoms with E-state index in [0.29, 0.717) is 26.1 Å². The predicted molar refractivity (Wildman–Crippen MR) is 207 cm³/mol. The predicted octanol–water partition coefficient (Wildman–Crippen LogP) is 9.27. The van der Waals surface area contributed by atoms with E-state index in [0.717, 1.165) is 92.8 Å². The number of ether oxygens (including phenoxy) is 2. The zero-order valence-electron chi connectivity index (χ0n) is 32.0. The van der Waals surface area contributed by atoms with Gasteiger partial charge in [0.2, 0.25) is 11.8 Å². The molecule has 2 amide bonds. The number of fused-ring (bicyclic) bond motifs is 6. The van der Waals surface area contributed by atoms with Gasteiger partial charge in [0.05, 0.1) is 47.7 Å². The zero-order chi connectivity index (χ0) is 37.1. The summed E-state index contributed by atoms with van der Waals surface area (Å²) in [5.74, 6) is 2.65. The van der Waals surface area contributed by atoms with E-state index < -0.39 is 0 Å². The molecule has 0 spiro atoms. The normalized spacial score (nSPS) is 14.7. The molecule has 1 aliphatic heterocycles. The van der Waals surface area contributed by atoms with Gasteiger partial charge in [-0.3, -0.25) is 9.59 Å². The second-order valence-corrected chi connectivity index (χ2v) is 14.2. The number of carbonyl (C=O) groups is 2. The third-order valence-electron chi connectivity index (χ3n) is 10.7. The van der Waals surface area contributed by atoms with E-state index in [-0.39, 0.29) is 36.0 Å². The van der Waals surface area contributed by atoms with Crippen molar-refractivity contribution < 1.29 is 19.1 Å². The number of hydrogen-bond acceptors (Lipinski definition) is 6. The molecule has 4 atom stereocenters. The van der Waals surface area contributed by atoms with Crippen molar-refractivity contribution in [2.75, 3.05) is 13.7 Å². The summed E-state index contributed by atoms with van der Waals surface area (Å²) >= 11 is 0. The Morgan fingerprint density at radius 2 is 1.60 bits per heavy atom. The Kier molecular flexibility index (Phi) is 11.3. The van der Waals surface area contributed by atoms with Crippen LogP contribution < -0.4 is 4.74 Å². The minimum Gasteiger partial charge on any atom is -0.488 e. The summed E-state index contributed by atoms with van der Waals surface area (Å²) < 4.78 is 11.9. The summed E-state index contributed by atoms with van der Waals surface area (Å²) in [6.07, 6.45) is 6.16. The minimum atomic E-state index is -0.225. The Hall–Kier alpha value is -4.70. The van der Waals surface area contributed by atoms with Crippen LogP contribution in [0.5, 0.6) is 5.75 Å². The Labute approximate surface area is 307 Å². The van der Waals surface area contributed by atoms with Crippen molar-refractivity contribution >= 4 is 33.6 Å². The van der Waals surface area contributed by atoms with Crippen molar-refractivity contribution in [2.45, 2.75) is 118 Å². The number of aromatic amines is 2. The van der Waals surface area contributed by atoms with Gasteiger partial charge in [0.15, 0.2) is 0 Å². The molecular weight excluding hydrogens is 652 g/mol. The van der Waals surface area contributed by atoms with E-state index in [1.54, 1.807) is 7.11 Å². The first-order valence-corrected chi connectivity index (χ1v) is 19.0. The molecule has 10 nitrogen and oxygen atoms in total.